The zero-order chi connectivity index (χ0) is 26.3. The number of hydrazone groups is 1. The molecule has 0 saturated carbocycles. The fourth-order valence-corrected chi connectivity index (χ4v) is 5.60. The van der Waals surface area contributed by atoms with Crippen molar-refractivity contribution in [2.45, 2.75) is 33.7 Å². The third-order valence-electron chi connectivity index (χ3n) is 6.41. The van der Waals surface area contributed by atoms with E-state index in [-0.39, 0.29) is 18.1 Å². The van der Waals surface area contributed by atoms with Gasteiger partial charge < -0.3 is 4.74 Å². The Hall–Kier alpha value is -4.11. The number of amides is 1. The molecular weight excluding hydrogens is 488 g/mol. The molecule has 0 radical (unpaired) electrons. The fraction of sp³-hybridized carbons (Fsp3) is 0.250. The Bertz CT molecular complexity index is 1630. The summed E-state index contributed by atoms with van der Waals surface area (Å²) < 4.78 is 7.24. The second-order valence-electron chi connectivity index (χ2n) is 8.94. The van der Waals surface area contributed by atoms with Crippen molar-refractivity contribution in [1.29, 1.82) is 0 Å². The summed E-state index contributed by atoms with van der Waals surface area (Å²) in [6, 6.07) is 16.2. The van der Waals surface area contributed by atoms with E-state index in [9.17, 15) is 14.4 Å². The number of benzene rings is 2. The Morgan fingerprint density at radius 1 is 1.05 bits per heavy atom. The number of ether oxygens (including phenoxy) is 1. The van der Waals surface area contributed by atoms with Crippen molar-refractivity contribution < 1.29 is 14.3 Å². The first-order chi connectivity index (χ1) is 17.8. The number of hydrogen-bond acceptors (Lipinski definition) is 7. The van der Waals surface area contributed by atoms with E-state index in [0.717, 1.165) is 11.1 Å². The first-order valence-electron chi connectivity index (χ1n) is 12.0. The highest BCUT2D eigenvalue weighted by Gasteiger charge is 2.35. The fourth-order valence-electron chi connectivity index (χ4n) is 4.55. The Balaban J connectivity index is 1.63. The van der Waals surface area contributed by atoms with Crippen LogP contribution in [-0.2, 0) is 14.3 Å². The van der Waals surface area contributed by atoms with Crippen LogP contribution in [0, 0.1) is 12.8 Å². The summed E-state index contributed by atoms with van der Waals surface area (Å²) in [5.41, 5.74) is 3.61. The van der Waals surface area contributed by atoms with Gasteiger partial charge in [0.1, 0.15) is 5.92 Å². The third-order valence-corrected chi connectivity index (χ3v) is 7.41. The molecule has 3 heterocycles. The lowest BCUT2D eigenvalue weighted by Crippen LogP contribution is -2.40. The van der Waals surface area contributed by atoms with E-state index in [0.29, 0.717) is 32.0 Å². The largest absolute Gasteiger partial charge is 0.463 e. The van der Waals surface area contributed by atoms with E-state index in [2.05, 4.69) is 10.1 Å². The standard InChI is InChI=1S/C28H26N4O4S/c1-5-36-27(35)23-18(4)29-28-31(24(23)19-13-11-16(2)12-14-19)26(34)22(37-28)15-21-17(3)30-32(25(21)33)20-9-7-6-8-10-20/h6-15,21,24H,5H2,1-4H3/b22-15+/t21-,24-/m0/s1. The molecular formula is C28H26N4O4S. The molecule has 0 saturated heterocycles. The van der Waals surface area contributed by atoms with Crippen molar-refractivity contribution in [3.05, 3.63) is 96.7 Å². The molecule has 2 aliphatic heterocycles. The van der Waals surface area contributed by atoms with Crippen LogP contribution in [0.15, 0.2) is 80.8 Å². The van der Waals surface area contributed by atoms with Gasteiger partial charge in [-0.3, -0.25) is 14.2 Å². The monoisotopic (exact) mass is 514 g/mol. The molecule has 3 aromatic rings. The van der Waals surface area contributed by atoms with Gasteiger partial charge in [0.2, 0.25) is 0 Å². The Kier molecular flexibility index (Phi) is 6.47. The maximum Gasteiger partial charge on any atom is 0.338 e. The Labute approximate surface area is 217 Å². The van der Waals surface area contributed by atoms with Gasteiger partial charge in [0.25, 0.3) is 11.5 Å². The molecule has 5 rings (SSSR count). The van der Waals surface area contributed by atoms with Gasteiger partial charge in [-0.05, 0) is 51.5 Å². The molecule has 0 unspecified atom stereocenters. The lowest BCUT2D eigenvalue weighted by molar-refractivity contribution is -0.139. The molecule has 0 bridgehead atoms. The first kappa shape index (κ1) is 24.6. The number of rotatable bonds is 5. The van der Waals surface area contributed by atoms with Crippen LogP contribution < -0.4 is 19.9 Å². The highest BCUT2D eigenvalue weighted by molar-refractivity contribution is 7.07. The van der Waals surface area contributed by atoms with Crippen LogP contribution in [0.5, 0.6) is 0 Å². The first-order valence-corrected chi connectivity index (χ1v) is 12.8. The van der Waals surface area contributed by atoms with Crippen LogP contribution in [0.3, 0.4) is 0 Å². The summed E-state index contributed by atoms with van der Waals surface area (Å²) in [6.45, 7) is 7.45. The molecule has 0 spiro atoms. The van der Waals surface area contributed by atoms with E-state index in [1.807, 2.05) is 61.5 Å². The molecule has 1 amide bonds. The summed E-state index contributed by atoms with van der Waals surface area (Å²) >= 11 is 1.20. The van der Waals surface area contributed by atoms with E-state index >= 15 is 0 Å². The van der Waals surface area contributed by atoms with Crippen LogP contribution in [0.2, 0.25) is 0 Å². The minimum atomic E-state index is -0.687. The maximum absolute atomic E-state index is 13.8. The van der Waals surface area contributed by atoms with Gasteiger partial charge in [-0.15, -0.1) is 0 Å². The zero-order valence-corrected chi connectivity index (χ0v) is 21.8. The summed E-state index contributed by atoms with van der Waals surface area (Å²) in [4.78, 5) is 45.1. The van der Waals surface area contributed by atoms with E-state index in [4.69, 9.17) is 4.74 Å². The summed E-state index contributed by atoms with van der Waals surface area (Å²) in [5, 5.41) is 5.81. The minimum Gasteiger partial charge on any atom is -0.463 e. The lowest BCUT2D eigenvalue weighted by Gasteiger charge is -2.24. The molecule has 1 aromatic heterocycles. The topological polar surface area (TPSA) is 93.3 Å². The quantitative estimate of drug-likeness (QED) is 0.489. The SMILES string of the molecule is CCOC(=O)C1=C(C)N=c2s/c(=C/[C@@H]3C(=O)N(c4ccccc4)N=C3C)c(=O)n2[C@H]1c1ccc(C)cc1. The predicted molar refractivity (Wildman–Crippen MR) is 143 cm³/mol. The second kappa shape index (κ2) is 9.74. The van der Waals surface area contributed by atoms with Crippen LogP contribution >= 0.6 is 11.3 Å². The van der Waals surface area contributed by atoms with Crippen molar-refractivity contribution in [2.24, 2.45) is 16.0 Å². The van der Waals surface area contributed by atoms with Crippen molar-refractivity contribution in [3.63, 3.8) is 0 Å². The average Bonchev–Trinajstić information content (AvgIpc) is 3.34. The Morgan fingerprint density at radius 2 is 1.76 bits per heavy atom. The van der Waals surface area contributed by atoms with Gasteiger partial charge in [0.15, 0.2) is 4.80 Å². The number of nitrogens with zero attached hydrogens (tertiary/aromatic N) is 4. The molecule has 8 nitrogen and oxygen atoms in total. The number of anilines is 1. The number of aromatic nitrogens is 1. The molecule has 37 heavy (non-hydrogen) atoms. The van der Waals surface area contributed by atoms with Crippen molar-refractivity contribution >= 4 is 40.7 Å². The van der Waals surface area contributed by atoms with Gasteiger partial charge in [-0.2, -0.15) is 10.1 Å². The van der Waals surface area contributed by atoms with Gasteiger partial charge in [0, 0.05) is 0 Å². The number of carbonyl (C=O) groups excluding carboxylic acids is 2. The number of fused-ring (bicyclic) bond motifs is 1. The number of hydrogen-bond donors (Lipinski definition) is 0. The molecule has 0 aliphatic carbocycles. The highest BCUT2D eigenvalue weighted by Crippen LogP contribution is 2.31. The maximum atomic E-state index is 13.8. The molecule has 188 valence electrons. The molecule has 2 aliphatic rings. The van der Waals surface area contributed by atoms with Gasteiger partial charge in [0.05, 0.1) is 39.9 Å². The van der Waals surface area contributed by atoms with Crippen molar-refractivity contribution in [1.82, 2.24) is 4.57 Å². The van der Waals surface area contributed by atoms with Gasteiger partial charge in [-0.1, -0.05) is 59.4 Å². The normalized spacial score (nSPS) is 19.6. The van der Waals surface area contributed by atoms with E-state index in [1.54, 1.807) is 26.8 Å². The Morgan fingerprint density at radius 3 is 2.43 bits per heavy atom. The average molecular weight is 515 g/mol. The summed E-state index contributed by atoms with van der Waals surface area (Å²) in [6.07, 6.45) is 1.66. The van der Waals surface area contributed by atoms with Crippen molar-refractivity contribution in [3.8, 4) is 0 Å². The minimum absolute atomic E-state index is 0.209. The summed E-state index contributed by atoms with van der Waals surface area (Å²) in [7, 11) is 0. The van der Waals surface area contributed by atoms with E-state index in [1.165, 1.54) is 20.9 Å². The number of allylic oxidation sites excluding steroid dienone is 1. The van der Waals surface area contributed by atoms with Crippen LogP contribution in [0.25, 0.3) is 6.08 Å². The van der Waals surface area contributed by atoms with E-state index < -0.39 is 17.9 Å². The molecule has 0 N–H and O–H groups in total. The van der Waals surface area contributed by atoms with Crippen LogP contribution in [0.4, 0.5) is 5.69 Å². The lowest BCUT2D eigenvalue weighted by atomic mass is 9.95. The predicted octanol–water partition coefficient (Wildman–Crippen LogP) is 3.10. The van der Waals surface area contributed by atoms with Crippen LogP contribution in [-0.4, -0.2) is 28.8 Å². The van der Waals surface area contributed by atoms with Crippen molar-refractivity contribution in [2.75, 3.05) is 11.6 Å². The highest BCUT2D eigenvalue weighted by atomic mass is 32.1. The number of esters is 1. The number of thiazole rings is 1. The smallest absolute Gasteiger partial charge is 0.338 e. The number of carbonyl (C=O) groups is 2. The molecule has 9 heteroatoms. The number of para-hydroxylation sites is 1. The summed E-state index contributed by atoms with van der Waals surface area (Å²) in [5.74, 6) is -1.41. The van der Waals surface area contributed by atoms with Gasteiger partial charge in [-0.25, -0.2) is 9.79 Å². The van der Waals surface area contributed by atoms with Gasteiger partial charge >= 0.3 is 5.97 Å². The molecule has 0 fully saturated rings. The molecule has 2 atom stereocenters. The molecule has 2 aromatic carbocycles. The zero-order valence-electron chi connectivity index (χ0n) is 21.0. The number of aryl methyl sites for hydroxylation is 1. The third kappa shape index (κ3) is 4.35. The second-order valence-corrected chi connectivity index (χ2v) is 9.95. The van der Waals surface area contributed by atoms with Crippen LogP contribution in [0.1, 0.15) is 37.9 Å².